The van der Waals surface area contributed by atoms with Crippen LogP contribution in [0.3, 0.4) is 0 Å². The van der Waals surface area contributed by atoms with Crippen LogP contribution >= 0.6 is 0 Å². The van der Waals surface area contributed by atoms with Crippen LogP contribution in [0.15, 0.2) is 60.8 Å². The number of nitrogens with zero attached hydrogens (tertiary/aromatic N) is 3. The Morgan fingerprint density at radius 2 is 1.77 bits per heavy atom. The molecular weight excluding hydrogens is 324 g/mol. The number of piperazine rings is 1. The number of carbonyl (C=O) groups excluding carboxylic acids is 1. The van der Waals surface area contributed by atoms with Crippen molar-refractivity contribution < 1.29 is 4.79 Å². The number of aryl methyl sites for hydroxylation is 1. The minimum absolute atomic E-state index is 0.0124. The summed E-state index contributed by atoms with van der Waals surface area (Å²) in [5.74, 6) is 0. The molecular formula is C21H24N4O. The average molecular weight is 348 g/mol. The summed E-state index contributed by atoms with van der Waals surface area (Å²) in [7, 11) is 2.07. The Hall–Kier alpha value is -2.79. The van der Waals surface area contributed by atoms with E-state index in [-0.39, 0.29) is 6.03 Å². The van der Waals surface area contributed by atoms with Gasteiger partial charge in [0, 0.05) is 57.2 Å². The van der Waals surface area contributed by atoms with E-state index in [2.05, 4.69) is 52.3 Å². The molecule has 2 amide bonds. The van der Waals surface area contributed by atoms with Gasteiger partial charge in [0.05, 0.1) is 0 Å². The van der Waals surface area contributed by atoms with Gasteiger partial charge in [0.1, 0.15) is 0 Å². The van der Waals surface area contributed by atoms with Crippen molar-refractivity contribution in [2.75, 3.05) is 31.5 Å². The number of urea groups is 1. The highest BCUT2D eigenvalue weighted by Gasteiger charge is 2.21. The predicted octanol–water partition coefficient (Wildman–Crippen LogP) is 3.53. The zero-order chi connectivity index (χ0) is 17.9. The van der Waals surface area contributed by atoms with Crippen molar-refractivity contribution in [3.63, 3.8) is 0 Å². The molecule has 0 aliphatic carbocycles. The summed E-state index contributed by atoms with van der Waals surface area (Å²) in [5, 5.41) is 4.25. The van der Waals surface area contributed by atoms with Crippen LogP contribution in [0.1, 0.15) is 5.56 Å². The third-order valence-corrected chi connectivity index (χ3v) is 5.04. The van der Waals surface area contributed by atoms with Crippen LogP contribution in [0.25, 0.3) is 10.9 Å². The number of para-hydroxylation sites is 1. The quantitative estimate of drug-likeness (QED) is 0.787. The molecule has 0 atom stereocenters. The number of hydrogen-bond donors (Lipinski definition) is 1. The van der Waals surface area contributed by atoms with E-state index in [0.29, 0.717) is 0 Å². The molecule has 0 radical (unpaired) electrons. The molecule has 26 heavy (non-hydrogen) atoms. The molecule has 2 aromatic carbocycles. The smallest absolute Gasteiger partial charge is 0.321 e. The first-order chi connectivity index (χ1) is 12.7. The van der Waals surface area contributed by atoms with Crippen LogP contribution < -0.4 is 5.32 Å². The largest absolute Gasteiger partial charge is 0.351 e. The van der Waals surface area contributed by atoms with Gasteiger partial charge in [-0.25, -0.2) is 4.79 Å². The van der Waals surface area contributed by atoms with Gasteiger partial charge in [-0.05, 0) is 41.3 Å². The first-order valence-corrected chi connectivity index (χ1v) is 9.06. The van der Waals surface area contributed by atoms with Gasteiger partial charge in [0.2, 0.25) is 0 Å². The van der Waals surface area contributed by atoms with E-state index in [1.54, 1.807) is 0 Å². The van der Waals surface area contributed by atoms with Crippen molar-refractivity contribution in [1.29, 1.82) is 0 Å². The summed E-state index contributed by atoms with van der Waals surface area (Å²) in [6.45, 7) is 4.24. The number of carbonyl (C=O) groups is 1. The molecule has 0 unspecified atom stereocenters. The van der Waals surface area contributed by atoms with Gasteiger partial charge in [-0.3, -0.25) is 4.90 Å². The topological polar surface area (TPSA) is 40.5 Å². The van der Waals surface area contributed by atoms with Gasteiger partial charge in [-0.1, -0.05) is 24.3 Å². The Bertz CT molecular complexity index is 895. The molecule has 1 aromatic heterocycles. The molecule has 1 aliphatic rings. The molecule has 0 spiro atoms. The number of fused-ring (bicyclic) bond motifs is 1. The summed E-state index contributed by atoms with van der Waals surface area (Å²) >= 11 is 0. The maximum atomic E-state index is 12.4. The number of nitrogens with one attached hydrogen (secondary N) is 1. The van der Waals surface area contributed by atoms with Gasteiger partial charge < -0.3 is 14.8 Å². The monoisotopic (exact) mass is 348 g/mol. The second kappa shape index (κ2) is 7.22. The SMILES string of the molecule is Cn1ccc2cc(CN3CCN(C(=O)Nc4ccccc4)CC3)ccc21. The first-order valence-electron chi connectivity index (χ1n) is 9.06. The van der Waals surface area contributed by atoms with Gasteiger partial charge in [-0.2, -0.15) is 0 Å². The Morgan fingerprint density at radius 3 is 2.54 bits per heavy atom. The summed E-state index contributed by atoms with van der Waals surface area (Å²) in [5.41, 5.74) is 3.43. The highest BCUT2D eigenvalue weighted by Crippen LogP contribution is 2.18. The lowest BCUT2D eigenvalue weighted by atomic mass is 10.1. The van der Waals surface area contributed by atoms with Crippen LogP contribution in [0.4, 0.5) is 10.5 Å². The van der Waals surface area contributed by atoms with E-state index >= 15 is 0 Å². The lowest BCUT2D eigenvalue weighted by molar-refractivity contribution is 0.143. The number of amides is 2. The van der Waals surface area contributed by atoms with E-state index < -0.39 is 0 Å². The fourth-order valence-corrected chi connectivity index (χ4v) is 3.52. The molecule has 4 rings (SSSR count). The molecule has 0 bridgehead atoms. The summed E-state index contributed by atoms with van der Waals surface area (Å²) < 4.78 is 2.14. The molecule has 1 fully saturated rings. The highest BCUT2D eigenvalue weighted by atomic mass is 16.2. The Labute approximate surface area is 153 Å². The number of hydrogen-bond acceptors (Lipinski definition) is 2. The lowest BCUT2D eigenvalue weighted by Crippen LogP contribution is -2.49. The van der Waals surface area contributed by atoms with E-state index in [1.807, 2.05) is 35.2 Å². The van der Waals surface area contributed by atoms with Gasteiger partial charge in [-0.15, -0.1) is 0 Å². The van der Waals surface area contributed by atoms with Gasteiger partial charge in [0.15, 0.2) is 0 Å². The third kappa shape index (κ3) is 3.58. The molecule has 3 aromatic rings. The second-order valence-electron chi connectivity index (χ2n) is 6.88. The van der Waals surface area contributed by atoms with Crippen molar-refractivity contribution in [3.05, 3.63) is 66.4 Å². The van der Waals surface area contributed by atoms with Crippen molar-refractivity contribution in [1.82, 2.24) is 14.4 Å². The minimum atomic E-state index is -0.0124. The molecule has 0 saturated carbocycles. The van der Waals surface area contributed by atoms with E-state index in [9.17, 15) is 4.79 Å². The van der Waals surface area contributed by atoms with Crippen molar-refractivity contribution >= 4 is 22.6 Å². The van der Waals surface area contributed by atoms with Gasteiger partial charge in [0.25, 0.3) is 0 Å². The highest BCUT2D eigenvalue weighted by molar-refractivity contribution is 5.89. The molecule has 134 valence electrons. The lowest BCUT2D eigenvalue weighted by Gasteiger charge is -2.34. The summed E-state index contributed by atoms with van der Waals surface area (Å²) in [4.78, 5) is 16.7. The first kappa shape index (κ1) is 16.7. The zero-order valence-electron chi connectivity index (χ0n) is 15.1. The van der Waals surface area contributed by atoms with Crippen molar-refractivity contribution in [2.45, 2.75) is 6.54 Å². The normalized spacial score (nSPS) is 15.3. The summed E-state index contributed by atoms with van der Waals surface area (Å²) in [6.07, 6.45) is 2.10. The number of aromatic nitrogens is 1. The molecule has 1 N–H and O–H groups in total. The number of benzene rings is 2. The van der Waals surface area contributed by atoms with E-state index in [1.165, 1.54) is 16.5 Å². The molecule has 2 heterocycles. The fourth-order valence-electron chi connectivity index (χ4n) is 3.52. The van der Waals surface area contributed by atoms with E-state index in [4.69, 9.17) is 0 Å². The Kier molecular flexibility index (Phi) is 4.63. The maximum Gasteiger partial charge on any atom is 0.321 e. The minimum Gasteiger partial charge on any atom is -0.351 e. The Morgan fingerprint density at radius 1 is 1.00 bits per heavy atom. The van der Waals surface area contributed by atoms with Crippen LogP contribution in [-0.4, -0.2) is 46.6 Å². The predicted molar refractivity (Wildman–Crippen MR) is 105 cm³/mol. The van der Waals surface area contributed by atoms with Gasteiger partial charge >= 0.3 is 6.03 Å². The van der Waals surface area contributed by atoms with E-state index in [0.717, 1.165) is 38.4 Å². The summed E-state index contributed by atoms with van der Waals surface area (Å²) in [6, 6.07) is 18.4. The Balaban J connectivity index is 1.32. The average Bonchev–Trinajstić information content (AvgIpc) is 3.03. The molecule has 5 heteroatoms. The molecule has 1 saturated heterocycles. The van der Waals surface area contributed by atoms with Crippen LogP contribution in [0.2, 0.25) is 0 Å². The molecule has 5 nitrogen and oxygen atoms in total. The second-order valence-corrected chi connectivity index (χ2v) is 6.88. The standard InChI is InChI=1S/C21H24N4O/c1-23-10-9-18-15-17(7-8-20(18)23)16-24-11-13-25(14-12-24)21(26)22-19-5-3-2-4-6-19/h2-10,15H,11-14,16H2,1H3,(H,22,26). The number of anilines is 1. The van der Waals surface area contributed by atoms with Crippen LogP contribution in [-0.2, 0) is 13.6 Å². The van der Waals surface area contributed by atoms with Crippen molar-refractivity contribution in [2.24, 2.45) is 7.05 Å². The third-order valence-electron chi connectivity index (χ3n) is 5.04. The van der Waals surface area contributed by atoms with Crippen LogP contribution in [0, 0.1) is 0 Å². The zero-order valence-corrected chi connectivity index (χ0v) is 15.1. The van der Waals surface area contributed by atoms with Crippen LogP contribution in [0.5, 0.6) is 0 Å². The maximum absolute atomic E-state index is 12.4. The number of rotatable bonds is 3. The fraction of sp³-hybridized carbons (Fsp3) is 0.286. The van der Waals surface area contributed by atoms with Crippen molar-refractivity contribution in [3.8, 4) is 0 Å². The molecule has 1 aliphatic heterocycles.